The lowest BCUT2D eigenvalue weighted by molar-refractivity contribution is -0.0679. The lowest BCUT2D eigenvalue weighted by atomic mass is 9.79. The molecule has 0 unspecified atom stereocenters. The number of nitrogens with one attached hydrogen (secondary N) is 1. The van der Waals surface area contributed by atoms with Gasteiger partial charge in [-0.25, -0.2) is 4.79 Å². The third kappa shape index (κ3) is 3.48. The third-order valence-electron chi connectivity index (χ3n) is 3.93. The van der Waals surface area contributed by atoms with E-state index >= 15 is 0 Å². The Labute approximate surface area is 110 Å². The van der Waals surface area contributed by atoms with E-state index < -0.39 is 0 Å². The molecule has 0 bridgehead atoms. The number of ether oxygens (including phenoxy) is 1. The molecule has 18 heavy (non-hydrogen) atoms. The molecule has 1 aliphatic rings. The van der Waals surface area contributed by atoms with Crippen LogP contribution in [0.4, 0.5) is 4.79 Å². The van der Waals surface area contributed by atoms with Gasteiger partial charge in [0.1, 0.15) is 6.10 Å². The van der Waals surface area contributed by atoms with Crippen molar-refractivity contribution < 1.29 is 9.53 Å². The molecule has 4 nitrogen and oxygen atoms in total. The Morgan fingerprint density at radius 3 is 2.33 bits per heavy atom. The fourth-order valence-corrected chi connectivity index (χ4v) is 2.71. The minimum atomic E-state index is -0.351. The summed E-state index contributed by atoms with van der Waals surface area (Å²) < 4.78 is 5.49. The number of amides is 1. The molecule has 1 saturated heterocycles. The Hall–Kier alpha value is -1.03. The molecule has 1 heterocycles. The van der Waals surface area contributed by atoms with Crippen LogP contribution < -0.4 is 5.32 Å². The van der Waals surface area contributed by atoms with E-state index in [1.165, 1.54) is 0 Å². The van der Waals surface area contributed by atoms with Crippen LogP contribution in [-0.2, 0) is 4.74 Å². The van der Waals surface area contributed by atoms with Gasteiger partial charge in [-0.2, -0.15) is 0 Å². The van der Waals surface area contributed by atoms with E-state index in [4.69, 9.17) is 4.74 Å². The third-order valence-corrected chi connectivity index (χ3v) is 3.93. The van der Waals surface area contributed by atoms with E-state index in [2.05, 4.69) is 51.5 Å². The molecule has 0 aromatic carbocycles. The van der Waals surface area contributed by atoms with Crippen LogP contribution in [0.1, 0.15) is 40.5 Å². The van der Waals surface area contributed by atoms with Crippen LogP contribution in [0, 0.1) is 0 Å². The minimum absolute atomic E-state index is 0.0315. The largest absolute Gasteiger partial charge is 0.446 e. The molecule has 0 spiro atoms. The van der Waals surface area contributed by atoms with Crippen LogP contribution in [0.15, 0.2) is 12.7 Å². The first-order valence-corrected chi connectivity index (χ1v) is 6.48. The summed E-state index contributed by atoms with van der Waals surface area (Å²) in [6.45, 7) is 12.7. The Balaban J connectivity index is 2.63. The average molecular weight is 254 g/mol. The summed E-state index contributed by atoms with van der Waals surface area (Å²) in [6, 6.07) is 0. The summed E-state index contributed by atoms with van der Waals surface area (Å²) in [4.78, 5) is 13.9. The van der Waals surface area contributed by atoms with E-state index in [1.54, 1.807) is 6.08 Å². The first-order chi connectivity index (χ1) is 8.19. The lowest BCUT2D eigenvalue weighted by Crippen LogP contribution is -2.60. The molecule has 0 saturated carbocycles. The number of hydrogen-bond donors (Lipinski definition) is 1. The van der Waals surface area contributed by atoms with E-state index in [1.807, 2.05) is 0 Å². The zero-order chi connectivity index (χ0) is 14.0. The number of likely N-dealkylation sites (tertiary alicyclic amines) is 1. The standard InChI is InChI=1S/C14H26N2O2/c1-7-8-15-12(17)18-11-9-13(2,3)16(6)14(4,5)10-11/h7,11H,1,8-10H2,2-6H3,(H,15,17). The number of nitrogens with zero attached hydrogens (tertiary/aromatic N) is 1. The van der Waals surface area contributed by atoms with Gasteiger partial charge >= 0.3 is 6.09 Å². The second kappa shape index (κ2) is 5.31. The van der Waals surface area contributed by atoms with Crippen LogP contribution in [0.5, 0.6) is 0 Å². The van der Waals surface area contributed by atoms with Gasteiger partial charge in [-0.05, 0) is 34.7 Å². The van der Waals surface area contributed by atoms with Crippen LogP contribution >= 0.6 is 0 Å². The van der Waals surface area contributed by atoms with Gasteiger partial charge < -0.3 is 10.1 Å². The van der Waals surface area contributed by atoms with E-state index in [0.29, 0.717) is 6.54 Å². The zero-order valence-electron chi connectivity index (χ0n) is 12.2. The molecular weight excluding hydrogens is 228 g/mol. The Morgan fingerprint density at radius 1 is 1.39 bits per heavy atom. The molecule has 1 aliphatic heterocycles. The summed E-state index contributed by atoms with van der Waals surface area (Å²) in [6.07, 6.45) is 2.97. The van der Waals surface area contributed by atoms with Gasteiger partial charge in [0.25, 0.3) is 0 Å². The molecule has 0 atom stereocenters. The van der Waals surface area contributed by atoms with Crippen molar-refractivity contribution in [2.24, 2.45) is 0 Å². The summed E-state index contributed by atoms with van der Waals surface area (Å²) in [5, 5.41) is 2.65. The number of piperidine rings is 1. The molecule has 0 aliphatic carbocycles. The topological polar surface area (TPSA) is 41.6 Å². The number of carbonyl (C=O) groups is 1. The molecule has 0 radical (unpaired) electrons. The molecular formula is C14H26N2O2. The fourth-order valence-electron chi connectivity index (χ4n) is 2.71. The second-order valence-electron chi connectivity index (χ2n) is 6.29. The van der Waals surface area contributed by atoms with Crippen molar-refractivity contribution in [2.45, 2.75) is 57.7 Å². The van der Waals surface area contributed by atoms with Gasteiger partial charge in [0.15, 0.2) is 0 Å². The van der Waals surface area contributed by atoms with E-state index in [9.17, 15) is 4.79 Å². The average Bonchev–Trinajstić information content (AvgIpc) is 2.22. The van der Waals surface area contributed by atoms with Gasteiger partial charge in [-0.15, -0.1) is 6.58 Å². The maximum atomic E-state index is 11.6. The highest BCUT2D eigenvalue weighted by molar-refractivity contribution is 5.67. The van der Waals surface area contributed by atoms with Crippen LogP contribution in [0.25, 0.3) is 0 Å². The molecule has 1 amide bonds. The summed E-state index contributed by atoms with van der Waals surface area (Å²) in [7, 11) is 2.13. The maximum Gasteiger partial charge on any atom is 0.407 e. The van der Waals surface area contributed by atoms with Crippen molar-refractivity contribution in [1.82, 2.24) is 10.2 Å². The number of hydrogen-bond acceptors (Lipinski definition) is 3. The van der Waals surface area contributed by atoms with Crippen molar-refractivity contribution in [3.8, 4) is 0 Å². The van der Waals surface area contributed by atoms with E-state index in [-0.39, 0.29) is 23.3 Å². The monoisotopic (exact) mass is 254 g/mol. The lowest BCUT2D eigenvalue weighted by Gasteiger charge is -2.53. The normalized spacial score (nSPS) is 23.4. The van der Waals surface area contributed by atoms with Crippen LogP contribution in [0.3, 0.4) is 0 Å². The smallest absolute Gasteiger partial charge is 0.407 e. The molecule has 104 valence electrons. The fraction of sp³-hybridized carbons (Fsp3) is 0.786. The van der Waals surface area contributed by atoms with Gasteiger partial charge in [0, 0.05) is 30.5 Å². The van der Waals surface area contributed by atoms with Gasteiger partial charge in [0.2, 0.25) is 0 Å². The Kier molecular flexibility index (Phi) is 4.43. The predicted octanol–water partition coefficient (Wildman–Crippen LogP) is 2.55. The van der Waals surface area contributed by atoms with Crippen molar-refractivity contribution >= 4 is 6.09 Å². The highest BCUT2D eigenvalue weighted by Crippen LogP contribution is 2.37. The van der Waals surface area contributed by atoms with Crippen LogP contribution in [-0.4, -0.2) is 41.8 Å². The highest BCUT2D eigenvalue weighted by atomic mass is 16.6. The van der Waals surface area contributed by atoms with Crippen molar-refractivity contribution in [2.75, 3.05) is 13.6 Å². The number of carbonyl (C=O) groups excluding carboxylic acids is 1. The Morgan fingerprint density at radius 2 is 1.89 bits per heavy atom. The predicted molar refractivity (Wildman–Crippen MR) is 73.6 cm³/mol. The number of rotatable bonds is 3. The zero-order valence-corrected chi connectivity index (χ0v) is 12.2. The van der Waals surface area contributed by atoms with Crippen molar-refractivity contribution in [3.05, 3.63) is 12.7 Å². The van der Waals surface area contributed by atoms with Crippen molar-refractivity contribution in [1.29, 1.82) is 0 Å². The minimum Gasteiger partial charge on any atom is -0.446 e. The van der Waals surface area contributed by atoms with Gasteiger partial charge in [-0.3, -0.25) is 4.90 Å². The molecule has 1 rings (SSSR count). The number of alkyl carbamates (subject to hydrolysis) is 1. The summed E-state index contributed by atoms with van der Waals surface area (Å²) in [5.74, 6) is 0. The van der Waals surface area contributed by atoms with Crippen LogP contribution in [0.2, 0.25) is 0 Å². The van der Waals surface area contributed by atoms with Gasteiger partial charge in [0.05, 0.1) is 0 Å². The first kappa shape index (κ1) is 15.0. The quantitative estimate of drug-likeness (QED) is 0.787. The second-order valence-corrected chi connectivity index (χ2v) is 6.29. The molecule has 0 aromatic heterocycles. The van der Waals surface area contributed by atoms with Crippen molar-refractivity contribution in [3.63, 3.8) is 0 Å². The maximum absolute atomic E-state index is 11.6. The molecule has 4 heteroatoms. The molecule has 1 fully saturated rings. The molecule has 0 aromatic rings. The van der Waals surface area contributed by atoms with Gasteiger partial charge in [-0.1, -0.05) is 6.08 Å². The first-order valence-electron chi connectivity index (χ1n) is 6.48. The summed E-state index contributed by atoms with van der Waals surface area (Å²) in [5.41, 5.74) is 0.0657. The molecule has 1 N–H and O–H groups in total. The summed E-state index contributed by atoms with van der Waals surface area (Å²) >= 11 is 0. The van der Waals surface area contributed by atoms with E-state index in [0.717, 1.165) is 12.8 Å². The Bertz CT molecular complexity index is 306. The highest BCUT2D eigenvalue weighted by Gasteiger charge is 2.44. The SMILES string of the molecule is C=CCNC(=O)OC1CC(C)(C)N(C)C(C)(C)C1.